The van der Waals surface area contributed by atoms with Gasteiger partial charge in [0.1, 0.15) is 5.69 Å². The van der Waals surface area contributed by atoms with Gasteiger partial charge in [0.25, 0.3) is 5.91 Å². The number of nitrogens with zero attached hydrogens (tertiary/aromatic N) is 4. The first kappa shape index (κ1) is 14.3. The van der Waals surface area contributed by atoms with Crippen LogP contribution in [0.4, 0.5) is 0 Å². The molecule has 2 rings (SSSR count). The Kier molecular flexibility index (Phi) is 4.22. The standard InChI is InChI=1S/C14H21N5O/c1-10(2)12-7-13(19(4)17-12)14(20)18(3)6-5-11-8-15-16-9-11/h7-10H,5-6H2,1-4H3,(H,15,16). The van der Waals surface area contributed by atoms with Gasteiger partial charge in [0, 0.05) is 26.8 Å². The third-order valence-electron chi connectivity index (χ3n) is 3.35. The van der Waals surface area contributed by atoms with Crippen LogP contribution < -0.4 is 0 Å². The van der Waals surface area contributed by atoms with Crippen LogP contribution in [-0.4, -0.2) is 44.4 Å². The van der Waals surface area contributed by atoms with Crippen molar-refractivity contribution in [1.29, 1.82) is 0 Å². The van der Waals surface area contributed by atoms with Crippen LogP contribution in [0.3, 0.4) is 0 Å². The number of aromatic amines is 1. The molecular formula is C14H21N5O. The molecule has 0 aliphatic carbocycles. The molecular weight excluding hydrogens is 254 g/mol. The quantitative estimate of drug-likeness (QED) is 0.901. The second kappa shape index (κ2) is 5.90. The van der Waals surface area contributed by atoms with Gasteiger partial charge in [-0.05, 0) is 24.0 Å². The molecule has 0 aromatic carbocycles. The van der Waals surface area contributed by atoms with Gasteiger partial charge in [-0.1, -0.05) is 13.8 Å². The van der Waals surface area contributed by atoms with Crippen LogP contribution in [0.2, 0.25) is 0 Å². The van der Waals surface area contributed by atoms with Crippen LogP contribution >= 0.6 is 0 Å². The molecule has 0 spiro atoms. The van der Waals surface area contributed by atoms with Crippen molar-refractivity contribution in [3.05, 3.63) is 35.4 Å². The van der Waals surface area contributed by atoms with Crippen LogP contribution in [-0.2, 0) is 13.5 Å². The number of carbonyl (C=O) groups excluding carboxylic acids is 1. The molecule has 2 heterocycles. The number of carbonyl (C=O) groups is 1. The fourth-order valence-corrected chi connectivity index (χ4v) is 1.98. The molecule has 2 aromatic heterocycles. The van der Waals surface area contributed by atoms with Gasteiger partial charge in [0.2, 0.25) is 0 Å². The van der Waals surface area contributed by atoms with E-state index in [-0.39, 0.29) is 5.91 Å². The summed E-state index contributed by atoms with van der Waals surface area (Å²) in [4.78, 5) is 14.1. The lowest BCUT2D eigenvalue weighted by Crippen LogP contribution is -2.30. The number of hydrogen-bond acceptors (Lipinski definition) is 3. The topological polar surface area (TPSA) is 66.8 Å². The van der Waals surface area contributed by atoms with E-state index in [1.165, 1.54) is 0 Å². The summed E-state index contributed by atoms with van der Waals surface area (Å²) in [5.41, 5.74) is 2.67. The predicted molar refractivity (Wildman–Crippen MR) is 76.5 cm³/mol. The van der Waals surface area contributed by atoms with Crippen molar-refractivity contribution in [2.75, 3.05) is 13.6 Å². The van der Waals surface area contributed by atoms with Crippen molar-refractivity contribution in [3.63, 3.8) is 0 Å². The maximum atomic E-state index is 12.4. The molecule has 20 heavy (non-hydrogen) atoms. The van der Waals surface area contributed by atoms with E-state index < -0.39 is 0 Å². The van der Waals surface area contributed by atoms with Crippen molar-refractivity contribution >= 4 is 5.91 Å². The van der Waals surface area contributed by atoms with Crippen molar-refractivity contribution < 1.29 is 4.79 Å². The lowest BCUT2D eigenvalue weighted by molar-refractivity contribution is 0.0786. The van der Waals surface area contributed by atoms with Gasteiger partial charge in [-0.25, -0.2) is 0 Å². The monoisotopic (exact) mass is 275 g/mol. The van der Waals surface area contributed by atoms with E-state index >= 15 is 0 Å². The number of aryl methyl sites for hydroxylation is 1. The van der Waals surface area contributed by atoms with Gasteiger partial charge in [-0.2, -0.15) is 10.2 Å². The Balaban J connectivity index is 2.02. The van der Waals surface area contributed by atoms with Gasteiger partial charge >= 0.3 is 0 Å². The molecule has 0 atom stereocenters. The van der Waals surface area contributed by atoms with E-state index in [0.29, 0.717) is 18.2 Å². The SMILES string of the molecule is CC(C)c1cc(C(=O)N(C)CCc2cn[nH]c2)n(C)n1. The maximum absolute atomic E-state index is 12.4. The Hall–Kier alpha value is -2.11. The molecule has 0 radical (unpaired) electrons. The van der Waals surface area contributed by atoms with E-state index in [0.717, 1.165) is 17.7 Å². The molecule has 0 bridgehead atoms. The van der Waals surface area contributed by atoms with Crippen molar-refractivity contribution in [2.45, 2.75) is 26.2 Å². The summed E-state index contributed by atoms with van der Waals surface area (Å²) in [5.74, 6) is 0.314. The maximum Gasteiger partial charge on any atom is 0.271 e. The van der Waals surface area contributed by atoms with E-state index in [1.54, 1.807) is 15.8 Å². The fraction of sp³-hybridized carbons (Fsp3) is 0.500. The van der Waals surface area contributed by atoms with Gasteiger partial charge < -0.3 is 4.90 Å². The molecule has 2 aromatic rings. The van der Waals surface area contributed by atoms with Gasteiger partial charge in [-0.3, -0.25) is 14.6 Å². The number of nitrogens with one attached hydrogen (secondary N) is 1. The van der Waals surface area contributed by atoms with E-state index in [9.17, 15) is 4.79 Å². The molecule has 0 saturated carbocycles. The number of aromatic nitrogens is 4. The molecule has 0 aliphatic heterocycles. The highest BCUT2D eigenvalue weighted by Crippen LogP contribution is 2.15. The molecule has 6 nitrogen and oxygen atoms in total. The number of amides is 1. The number of hydrogen-bond donors (Lipinski definition) is 1. The largest absolute Gasteiger partial charge is 0.340 e. The second-order valence-corrected chi connectivity index (χ2v) is 5.32. The first-order valence-electron chi connectivity index (χ1n) is 6.76. The van der Waals surface area contributed by atoms with Crippen LogP contribution in [0.1, 0.15) is 41.5 Å². The van der Waals surface area contributed by atoms with Crippen molar-refractivity contribution in [2.24, 2.45) is 7.05 Å². The van der Waals surface area contributed by atoms with Crippen LogP contribution in [0, 0.1) is 0 Å². The smallest absolute Gasteiger partial charge is 0.271 e. The molecule has 108 valence electrons. The zero-order chi connectivity index (χ0) is 14.7. The summed E-state index contributed by atoms with van der Waals surface area (Å²) in [7, 11) is 3.62. The highest BCUT2D eigenvalue weighted by atomic mass is 16.2. The number of H-pyrrole nitrogens is 1. The fourth-order valence-electron chi connectivity index (χ4n) is 1.98. The Morgan fingerprint density at radius 3 is 2.80 bits per heavy atom. The Morgan fingerprint density at radius 1 is 1.50 bits per heavy atom. The van der Waals surface area contributed by atoms with Gasteiger partial charge in [0.15, 0.2) is 0 Å². The summed E-state index contributed by atoms with van der Waals surface area (Å²) in [5, 5.41) is 11.0. The van der Waals surface area contributed by atoms with Gasteiger partial charge in [-0.15, -0.1) is 0 Å². The minimum Gasteiger partial charge on any atom is -0.340 e. The Bertz CT molecular complexity index is 570. The highest BCUT2D eigenvalue weighted by molar-refractivity contribution is 5.92. The molecule has 6 heteroatoms. The number of likely N-dealkylation sites (N-methyl/N-ethyl adjacent to an activating group) is 1. The minimum absolute atomic E-state index is 0.00426. The van der Waals surface area contributed by atoms with E-state index in [4.69, 9.17) is 0 Å². The van der Waals surface area contributed by atoms with Gasteiger partial charge in [0.05, 0.1) is 11.9 Å². The van der Waals surface area contributed by atoms with Crippen molar-refractivity contribution in [1.82, 2.24) is 24.9 Å². The molecule has 0 saturated heterocycles. The minimum atomic E-state index is -0.00426. The Labute approximate surface area is 118 Å². The van der Waals surface area contributed by atoms with E-state index in [1.807, 2.05) is 26.4 Å². The predicted octanol–water partition coefficient (Wildman–Crippen LogP) is 1.58. The molecule has 0 aliphatic rings. The first-order chi connectivity index (χ1) is 9.49. The normalized spacial score (nSPS) is 11.1. The number of rotatable bonds is 5. The third kappa shape index (κ3) is 3.07. The second-order valence-electron chi connectivity index (χ2n) is 5.32. The zero-order valence-corrected chi connectivity index (χ0v) is 12.4. The molecule has 0 fully saturated rings. The summed E-state index contributed by atoms with van der Waals surface area (Å²) < 4.78 is 1.66. The van der Waals surface area contributed by atoms with E-state index in [2.05, 4.69) is 29.1 Å². The Morgan fingerprint density at radius 2 is 2.25 bits per heavy atom. The van der Waals surface area contributed by atoms with Crippen LogP contribution in [0.25, 0.3) is 0 Å². The van der Waals surface area contributed by atoms with Crippen LogP contribution in [0.15, 0.2) is 18.5 Å². The summed E-state index contributed by atoms with van der Waals surface area (Å²) in [6.07, 6.45) is 4.41. The highest BCUT2D eigenvalue weighted by Gasteiger charge is 2.18. The first-order valence-corrected chi connectivity index (χ1v) is 6.76. The molecule has 0 unspecified atom stereocenters. The third-order valence-corrected chi connectivity index (χ3v) is 3.35. The van der Waals surface area contributed by atoms with Crippen molar-refractivity contribution in [3.8, 4) is 0 Å². The lowest BCUT2D eigenvalue weighted by atomic mass is 10.1. The molecule has 1 amide bonds. The lowest BCUT2D eigenvalue weighted by Gasteiger charge is -2.16. The average molecular weight is 275 g/mol. The molecule has 1 N–H and O–H groups in total. The average Bonchev–Trinajstić information content (AvgIpc) is 3.04. The summed E-state index contributed by atoms with van der Waals surface area (Å²) >= 11 is 0. The summed E-state index contributed by atoms with van der Waals surface area (Å²) in [6.45, 7) is 4.79. The zero-order valence-electron chi connectivity index (χ0n) is 12.4. The van der Waals surface area contributed by atoms with Crippen LogP contribution in [0.5, 0.6) is 0 Å². The summed E-state index contributed by atoms with van der Waals surface area (Å²) in [6, 6.07) is 1.88.